The molecule has 0 spiro atoms. The number of hydrogen-bond acceptors (Lipinski definition) is 3. The minimum Gasteiger partial charge on any atom is -0.488 e. The van der Waals surface area contributed by atoms with Crippen LogP contribution in [0.2, 0.25) is 0 Å². The van der Waals surface area contributed by atoms with E-state index < -0.39 is 0 Å². The van der Waals surface area contributed by atoms with Crippen molar-refractivity contribution < 1.29 is 4.74 Å². The fourth-order valence-electron chi connectivity index (χ4n) is 1.60. The predicted molar refractivity (Wildman–Crippen MR) is 60.8 cm³/mol. The molecule has 84 valence electrons. The lowest BCUT2D eigenvalue weighted by Gasteiger charge is -2.11. The van der Waals surface area contributed by atoms with Crippen molar-refractivity contribution in [2.24, 2.45) is 0 Å². The third-order valence-electron chi connectivity index (χ3n) is 2.38. The van der Waals surface area contributed by atoms with Gasteiger partial charge >= 0.3 is 0 Å². The van der Waals surface area contributed by atoms with Crippen LogP contribution in [0.5, 0.6) is 5.75 Å². The van der Waals surface area contributed by atoms with Crippen molar-refractivity contribution in [3.8, 4) is 5.75 Å². The molecule has 0 saturated carbocycles. The summed E-state index contributed by atoms with van der Waals surface area (Å²) in [6.45, 7) is 4.80. The van der Waals surface area contributed by atoms with E-state index in [-0.39, 0.29) is 30.1 Å². The molecule has 1 aliphatic heterocycles. The van der Waals surface area contributed by atoms with Crippen LogP contribution in [0.25, 0.3) is 0 Å². The van der Waals surface area contributed by atoms with Crippen LogP contribution in [-0.4, -0.2) is 17.6 Å². The Bertz CT molecular complexity index is 391. The standard InChI is InChI=1S/C10H14N2O2.ClH/c1-6-5-11-7(2)10-8(14-6)3-4-9(13)12-10;/h3-4,6-7,11H,5H2,1-2H3,(H,12,13);1H/t6-,7+;/m1./s1. The van der Waals surface area contributed by atoms with Gasteiger partial charge < -0.3 is 15.0 Å². The molecule has 2 atom stereocenters. The average Bonchev–Trinajstić information content (AvgIpc) is 2.29. The normalized spacial score (nSPS) is 24.4. The van der Waals surface area contributed by atoms with Crippen LogP contribution >= 0.6 is 12.4 Å². The van der Waals surface area contributed by atoms with Gasteiger partial charge in [-0.25, -0.2) is 0 Å². The van der Waals surface area contributed by atoms with Crippen molar-refractivity contribution in [2.45, 2.75) is 26.0 Å². The van der Waals surface area contributed by atoms with E-state index in [0.717, 1.165) is 18.0 Å². The first-order valence-corrected chi connectivity index (χ1v) is 4.80. The molecular weight excluding hydrogens is 216 g/mol. The van der Waals surface area contributed by atoms with Crippen molar-refractivity contribution in [1.82, 2.24) is 10.3 Å². The van der Waals surface area contributed by atoms with Gasteiger partial charge in [-0.05, 0) is 19.9 Å². The number of halogens is 1. The first-order valence-electron chi connectivity index (χ1n) is 4.80. The van der Waals surface area contributed by atoms with Gasteiger partial charge in [-0.15, -0.1) is 12.4 Å². The number of hydrogen-bond donors (Lipinski definition) is 2. The Labute approximate surface area is 94.4 Å². The van der Waals surface area contributed by atoms with Gasteiger partial charge in [0.1, 0.15) is 11.9 Å². The van der Waals surface area contributed by atoms with Gasteiger partial charge in [-0.3, -0.25) is 4.79 Å². The molecule has 0 amide bonds. The third-order valence-corrected chi connectivity index (χ3v) is 2.38. The molecule has 5 heteroatoms. The minimum absolute atomic E-state index is 0. The van der Waals surface area contributed by atoms with Gasteiger partial charge in [0, 0.05) is 18.7 Å². The van der Waals surface area contributed by atoms with Gasteiger partial charge in [-0.2, -0.15) is 0 Å². The molecule has 0 aliphatic carbocycles. The lowest BCUT2D eigenvalue weighted by Crippen LogP contribution is -2.27. The second-order valence-corrected chi connectivity index (χ2v) is 3.66. The molecule has 1 aromatic rings. The highest BCUT2D eigenvalue weighted by molar-refractivity contribution is 5.85. The Morgan fingerprint density at radius 3 is 2.87 bits per heavy atom. The van der Waals surface area contributed by atoms with E-state index in [4.69, 9.17) is 4.74 Å². The van der Waals surface area contributed by atoms with Crippen molar-refractivity contribution in [1.29, 1.82) is 0 Å². The number of rotatable bonds is 0. The highest BCUT2D eigenvalue weighted by atomic mass is 35.5. The maximum Gasteiger partial charge on any atom is 0.248 e. The summed E-state index contributed by atoms with van der Waals surface area (Å²) in [7, 11) is 0. The summed E-state index contributed by atoms with van der Waals surface area (Å²) in [5, 5.41) is 3.28. The molecule has 2 heterocycles. The van der Waals surface area contributed by atoms with Crippen LogP contribution in [0.1, 0.15) is 25.6 Å². The Kier molecular flexibility index (Phi) is 3.77. The Hall–Kier alpha value is -1.000. The number of H-pyrrole nitrogens is 1. The zero-order valence-corrected chi connectivity index (χ0v) is 9.56. The highest BCUT2D eigenvalue weighted by Crippen LogP contribution is 2.24. The van der Waals surface area contributed by atoms with Crippen LogP contribution < -0.4 is 15.6 Å². The molecule has 4 nitrogen and oxygen atoms in total. The van der Waals surface area contributed by atoms with Crippen LogP contribution in [0.3, 0.4) is 0 Å². The second-order valence-electron chi connectivity index (χ2n) is 3.66. The molecule has 0 fully saturated rings. The van der Waals surface area contributed by atoms with E-state index in [1.54, 1.807) is 6.07 Å². The van der Waals surface area contributed by atoms with E-state index in [2.05, 4.69) is 10.3 Å². The zero-order chi connectivity index (χ0) is 10.1. The van der Waals surface area contributed by atoms with Gasteiger partial charge in [0.15, 0.2) is 0 Å². The fourth-order valence-corrected chi connectivity index (χ4v) is 1.60. The monoisotopic (exact) mass is 230 g/mol. The Morgan fingerprint density at radius 2 is 2.13 bits per heavy atom. The molecule has 0 saturated heterocycles. The zero-order valence-electron chi connectivity index (χ0n) is 8.74. The number of pyridine rings is 1. The van der Waals surface area contributed by atoms with E-state index >= 15 is 0 Å². The lowest BCUT2D eigenvalue weighted by atomic mass is 10.2. The largest absolute Gasteiger partial charge is 0.488 e. The van der Waals surface area contributed by atoms with Gasteiger partial charge in [0.05, 0.1) is 5.69 Å². The average molecular weight is 231 g/mol. The highest BCUT2D eigenvalue weighted by Gasteiger charge is 2.19. The number of nitrogens with one attached hydrogen (secondary N) is 2. The van der Waals surface area contributed by atoms with Crippen LogP contribution in [-0.2, 0) is 0 Å². The van der Waals surface area contributed by atoms with Crippen molar-refractivity contribution in [3.63, 3.8) is 0 Å². The Morgan fingerprint density at radius 1 is 1.40 bits per heavy atom. The molecule has 0 aromatic carbocycles. The van der Waals surface area contributed by atoms with Crippen LogP contribution in [0.15, 0.2) is 16.9 Å². The smallest absolute Gasteiger partial charge is 0.248 e. The molecule has 0 bridgehead atoms. The Balaban J connectivity index is 0.00000112. The first-order chi connectivity index (χ1) is 6.66. The summed E-state index contributed by atoms with van der Waals surface area (Å²) in [4.78, 5) is 13.9. The maximum absolute atomic E-state index is 11.1. The summed E-state index contributed by atoms with van der Waals surface area (Å²) in [5.41, 5.74) is 0.748. The molecule has 2 N–H and O–H groups in total. The summed E-state index contributed by atoms with van der Waals surface area (Å²) < 4.78 is 5.65. The number of aromatic amines is 1. The lowest BCUT2D eigenvalue weighted by molar-refractivity contribution is 0.225. The molecule has 0 unspecified atom stereocenters. The molecule has 15 heavy (non-hydrogen) atoms. The summed E-state index contributed by atoms with van der Waals surface area (Å²) in [6.07, 6.45) is 0.129. The molecule has 2 rings (SSSR count). The molecule has 0 radical (unpaired) electrons. The van der Waals surface area contributed by atoms with Crippen molar-refractivity contribution in [2.75, 3.05) is 6.54 Å². The van der Waals surface area contributed by atoms with Crippen molar-refractivity contribution >= 4 is 12.4 Å². The number of fused-ring (bicyclic) bond motifs is 1. The maximum atomic E-state index is 11.1. The van der Waals surface area contributed by atoms with Crippen molar-refractivity contribution in [3.05, 3.63) is 28.2 Å². The predicted octanol–water partition coefficient (Wildman–Crippen LogP) is 1.23. The van der Waals surface area contributed by atoms with Gasteiger partial charge in [0.25, 0.3) is 0 Å². The molecular formula is C10H15ClN2O2. The molecule has 1 aromatic heterocycles. The van der Waals surface area contributed by atoms with E-state index in [9.17, 15) is 4.79 Å². The van der Waals surface area contributed by atoms with Gasteiger partial charge in [-0.1, -0.05) is 0 Å². The van der Waals surface area contributed by atoms with Crippen LogP contribution in [0.4, 0.5) is 0 Å². The van der Waals surface area contributed by atoms with E-state index in [1.165, 1.54) is 6.07 Å². The SMILES string of the molecule is C[C@@H]1CN[C@@H](C)c2[nH]c(=O)ccc2O1.Cl. The summed E-state index contributed by atoms with van der Waals surface area (Å²) >= 11 is 0. The van der Waals surface area contributed by atoms with E-state index in [0.29, 0.717) is 0 Å². The van der Waals surface area contributed by atoms with E-state index in [1.807, 2.05) is 13.8 Å². The number of aromatic nitrogens is 1. The summed E-state index contributed by atoms with van der Waals surface area (Å²) in [5.74, 6) is 0.773. The minimum atomic E-state index is -0.0875. The molecule has 1 aliphatic rings. The topological polar surface area (TPSA) is 54.1 Å². The van der Waals surface area contributed by atoms with Crippen LogP contribution in [0, 0.1) is 0 Å². The summed E-state index contributed by atoms with van der Waals surface area (Å²) in [6, 6.07) is 3.35. The first kappa shape index (κ1) is 12.1. The quantitative estimate of drug-likeness (QED) is 0.705. The number of ether oxygens (including phenoxy) is 1. The third kappa shape index (κ3) is 2.52. The fraction of sp³-hybridized carbons (Fsp3) is 0.500. The van der Waals surface area contributed by atoms with Gasteiger partial charge in [0.2, 0.25) is 5.56 Å². The second kappa shape index (κ2) is 4.68.